The fourth-order valence-electron chi connectivity index (χ4n) is 1.30. The van der Waals surface area contributed by atoms with Crippen LogP contribution in [0.2, 0.25) is 0 Å². The molecule has 1 N–H and O–H groups in total. The van der Waals surface area contributed by atoms with Crippen molar-refractivity contribution < 1.29 is 13.6 Å². The van der Waals surface area contributed by atoms with Gasteiger partial charge in [0.1, 0.15) is 4.60 Å². The lowest BCUT2D eigenvalue weighted by molar-refractivity contribution is 0.102. The van der Waals surface area contributed by atoms with Gasteiger partial charge in [0.15, 0.2) is 11.6 Å². The zero-order valence-electron chi connectivity index (χ0n) is 8.95. The summed E-state index contributed by atoms with van der Waals surface area (Å²) >= 11 is 3.13. The van der Waals surface area contributed by atoms with E-state index in [1.54, 1.807) is 6.07 Å². The molecular weight excluding hydrogens is 306 g/mol. The Kier molecular flexibility index (Phi) is 3.66. The topological polar surface area (TPSA) is 42.0 Å². The molecule has 1 amide bonds. The number of amides is 1. The van der Waals surface area contributed by atoms with E-state index in [0.717, 1.165) is 6.07 Å². The molecule has 0 aliphatic rings. The quantitative estimate of drug-likeness (QED) is 0.864. The molecule has 0 aliphatic carbocycles. The first-order valence-corrected chi connectivity index (χ1v) is 5.74. The number of nitrogens with zero attached hydrogens (tertiary/aromatic N) is 1. The summed E-state index contributed by atoms with van der Waals surface area (Å²) in [7, 11) is 0. The van der Waals surface area contributed by atoms with Gasteiger partial charge in [0.2, 0.25) is 0 Å². The van der Waals surface area contributed by atoms with Crippen LogP contribution in [0.3, 0.4) is 0 Å². The second-order valence-electron chi connectivity index (χ2n) is 3.43. The first-order valence-electron chi connectivity index (χ1n) is 4.95. The number of benzene rings is 1. The molecule has 1 heterocycles. The van der Waals surface area contributed by atoms with Crippen LogP contribution in [0, 0.1) is 11.6 Å². The minimum Gasteiger partial charge on any atom is -0.319 e. The van der Waals surface area contributed by atoms with Gasteiger partial charge in [0.05, 0.1) is 11.3 Å². The molecule has 0 unspecified atom stereocenters. The first kappa shape index (κ1) is 12.6. The maximum atomic E-state index is 13.3. The van der Waals surface area contributed by atoms with E-state index in [2.05, 4.69) is 26.2 Å². The van der Waals surface area contributed by atoms with E-state index in [1.807, 2.05) is 0 Å². The normalized spacial score (nSPS) is 10.2. The molecule has 2 rings (SSSR count). The Morgan fingerprint density at radius 1 is 1.22 bits per heavy atom. The maximum Gasteiger partial charge on any atom is 0.257 e. The molecule has 6 heteroatoms. The highest BCUT2D eigenvalue weighted by Crippen LogP contribution is 2.17. The van der Waals surface area contributed by atoms with Crippen LogP contribution in [0.1, 0.15) is 10.4 Å². The van der Waals surface area contributed by atoms with Gasteiger partial charge in [-0.3, -0.25) is 4.79 Å². The number of rotatable bonds is 2. The lowest BCUT2D eigenvalue weighted by Gasteiger charge is -2.06. The van der Waals surface area contributed by atoms with Crippen LogP contribution in [-0.2, 0) is 0 Å². The Morgan fingerprint density at radius 2 is 2.00 bits per heavy atom. The number of carbonyl (C=O) groups is 1. The van der Waals surface area contributed by atoms with Crippen LogP contribution in [0.25, 0.3) is 0 Å². The molecule has 0 aliphatic heterocycles. The zero-order valence-corrected chi connectivity index (χ0v) is 10.5. The van der Waals surface area contributed by atoms with Crippen molar-refractivity contribution in [2.24, 2.45) is 0 Å². The highest BCUT2D eigenvalue weighted by molar-refractivity contribution is 9.10. The number of halogens is 3. The average molecular weight is 313 g/mol. The van der Waals surface area contributed by atoms with Crippen LogP contribution >= 0.6 is 15.9 Å². The third-order valence-electron chi connectivity index (χ3n) is 2.19. The number of pyridine rings is 1. The molecule has 0 saturated heterocycles. The van der Waals surface area contributed by atoms with E-state index in [9.17, 15) is 13.6 Å². The van der Waals surface area contributed by atoms with Crippen LogP contribution in [0.15, 0.2) is 41.1 Å². The predicted octanol–water partition coefficient (Wildman–Crippen LogP) is 3.37. The highest BCUT2D eigenvalue weighted by atomic mass is 79.9. The van der Waals surface area contributed by atoms with Crippen LogP contribution in [-0.4, -0.2) is 10.9 Å². The van der Waals surface area contributed by atoms with Crippen molar-refractivity contribution in [3.8, 4) is 0 Å². The number of carbonyl (C=O) groups excluding carboxylic acids is 1. The Hall–Kier alpha value is -1.82. The largest absolute Gasteiger partial charge is 0.319 e. The Bertz CT molecular complexity index is 587. The summed E-state index contributed by atoms with van der Waals surface area (Å²) in [6, 6.07) is 6.67. The van der Waals surface area contributed by atoms with E-state index < -0.39 is 17.5 Å². The van der Waals surface area contributed by atoms with Gasteiger partial charge in [0, 0.05) is 6.20 Å². The summed E-state index contributed by atoms with van der Waals surface area (Å²) in [5.74, 6) is -2.66. The lowest BCUT2D eigenvalue weighted by Crippen LogP contribution is -2.13. The monoisotopic (exact) mass is 312 g/mol. The summed E-state index contributed by atoms with van der Waals surface area (Å²) in [4.78, 5) is 15.6. The van der Waals surface area contributed by atoms with Crippen LogP contribution < -0.4 is 5.32 Å². The van der Waals surface area contributed by atoms with Crippen molar-refractivity contribution >= 4 is 27.5 Å². The van der Waals surface area contributed by atoms with Crippen molar-refractivity contribution in [1.29, 1.82) is 0 Å². The number of anilines is 1. The van der Waals surface area contributed by atoms with E-state index in [-0.39, 0.29) is 11.3 Å². The van der Waals surface area contributed by atoms with Gasteiger partial charge in [-0.15, -0.1) is 0 Å². The second kappa shape index (κ2) is 5.22. The van der Waals surface area contributed by atoms with Gasteiger partial charge in [-0.1, -0.05) is 6.07 Å². The van der Waals surface area contributed by atoms with Crippen molar-refractivity contribution in [3.63, 3.8) is 0 Å². The van der Waals surface area contributed by atoms with E-state index >= 15 is 0 Å². The van der Waals surface area contributed by atoms with Crippen molar-refractivity contribution in [2.75, 3.05) is 5.32 Å². The van der Waals surface area contributed by atoms with Gasteiger partial charge < -0.3 is 5.32 Å². The Morgan fingerprint density at radius 3 is 2.67 bits per heavy atom. The fraction of sp³-hybridized carbons (Fsp3) is 0. The number of hydrogen-bond acceptors (Lipinski definition) is 2. The fourth-order valence-corrected chi connectivity index (χ4v) is 1.54. The van der Waals surface area contributed by atoms with Gasteiger partial charge in [-0.05, 0) is 40.2 Å². The molecule has 92 valence electrons. The Labute approximate surface area is 110 Å². The average Bonchev–Trinajstić information content (AvgIpc) is 2.36. The van der Waals surface area contributed by atoms with Crippen molar-refractivity contribution in [3.05, 3.63) is 58.3 Å². The van der Waals surface area contributed by atoms with Crippen molar-refractivity contribution in [2.45, 2.75) is 0 Å². The molecule has 0 radical (unpaired) electrons. The van der Waals surface area contributed by atoms with E-state index in [4.69, 9.17) is 0 Å². The molecule has 1 aromatic heterocycles. The number of hydrogen-bond donors (Lipinski definition) is 1. The van der Waals surface area contributed by atoms with Crippen molar-refractivity contribution in [1.82, 2.24) is 4.98 Å². The van der Waals surface area contributed by atoms with Crippen LogP contribution in [0.4, 0.5) is 14.5 Å². The minimum absolute atomic E-state index is 0.206. The summed E-state index contributed by atoms with van der Waals surface area (Å²) in [6.45, 7) is 0. The highest BCUT2D eigenvalue weighted by Gasteiger charge is 2.12. The van der Waals surface area contributed by atoms with E-state index in [1.165, 1.54) is 24.4 Å². The maximum absolute atomic E-state index is 13.3. The molecular formula is C12H7BrF2N2O. The Balaban J connectivity index is 2.21. The third kappa shape index (κ3) is 2.70. The molecule has 1 aromatic carbocycles. The standard InChI is InChI=1S/C12H7BrF2N2O/c13-10-5-4-7(6-16-10)12(18)17-9-3-1-2-8(14)11(9)15/h1-6H,(H,17,18). The molecule has 0 atom stereocenters. The lowest BCUT2D eigenvalue weighted by atomic mass is 10.2. The molecule has 3 nitrogen and oxygen atoms in total. The summed E-state index contributed by atoms with van der Waals surface area (Å²) in [6.07, 6.45) is 1.33. The SMILES string of the molecule is O=C(Nc1cccc(F)c1F)c1ccc(Br)nc1. The number of aromatic nitrogens is 1. The van der Waals surface area contributed by atoms with Gasteiger partial charge in [0.25, 0.3) is 5.91 Å². The van der Waals surface area contributed by atoms with Gasteiger partial charge in [-0.2, -0.15) is 0 Å². The first-order chi connectivity index (χ1) is 8.58. The van der Waals surface area contributed by atoms with Gasteiger partial charge in [-0.25, -0.2) is 13.8 Å². The van der Waals surface area contributed by atoms with Crippen LogP contribution in [0.5, 0.6) is 0 Å². The summed E-state index contributed by atoms with van der Waals surface area (Å²) in [5.41, 5.74) is 0.0461. The molecule has 2 aromatic rings. The molecule has 0 spiro atoms. The molecule has 0 bridgehead atoms. The molecule has 0 fully saturated rings. The number of nitrogens with one attached hydrogen (secondary N) is 1. The predicted molar refractivity (Wildman–Crippen MR) is 66.2 cm³/mol. The minimum atomic E-state index is -1.09. The third-order valence-corrected chi connectivity index (χ3v) is 2.66. The second-order valence-corrected chi connectivity index (χ2v) is 4.24. The summed E-state index contributed by atoms with van der Waals surface area (Å²) in [5, 5.41) is 2.28. The molecule has 0 saturated carbocycles. The van der Waals surface area contributed by atoms with E-state index in [0.29, 0.717) is 4.60 Å². The zero-order chi connectivity index (χ0) is 13.1. The molecule has 18 heavy (non-hydrogen) atoms. The smallest absolute Gasteiger partial charge is 0.257 e. The summed E-state index contributed by atoms with van der Waals surface area (Å²) < 4.78 is 26.8. The van der Waals surface area contributed by atoms with Gasteiger partial charge >= 0.3 is 0 Å².